The molecule has 0 unspecified atom stereocenters. The summed E-state index contributed by atoms with van der Waals surface area (Å²) in [6, 6.07) is 13.0. The average molecular weight is 529 g/mol. The number of fused-ring (bicyclic) bond motifs is 1. The molecule has 0 aliphatic heterocycles. The zero-order valence-electron chi connectivity index (χ0n) is 20.0. The Kier molecular flexibility index (Phi) is 7.81. The Morgan fingerprint density at radius 2 is 1.94 bits per heavy atom. The van der Waals surface area contributed by atoms with Gasteiger partial charge < -0.3 is 20.7 Å². The van der Waals surface area contributed by atoms with Crippen molar-refractivity contribution in [1.82, 2.24) is 9.88 Å². The quantitative estimate of drug-likeness (QED) is 0.260. The second kappa shape index (κ2) is 11.0. The van der Waals surface area contributed by atoms with Crippen LogP contribution in [0.25, 0.3) is 16.5 Å². The molecule has 3 N–H and O–H groups in total. The molecule has 0 spiro atoms. The summed E-state index contributed by atoms with van der Waals surface area (Å²) >= 11 is 7.43. The third-order valence-corrected chi connectivity index (χ3v) is 6.69. The van der Waals surface area contributed by atoms with Crippen LogP contribution in [-0.4, -0.2) is 30.3 Å². The van der Waals surface area contributed by atoms with Gasteiger partial charge in [0.2, 0.25) is 0 Å². The van der Waals surface area contributed by atoms with Gasteiger partial charge in [-0.3, -0.25) is 9.36 Å². The maximum absolute atomic E-state index is 14.3. The van der Waals surface area contributed by atoms with Crippen LogP contribution < -0.4 is 26.2 Å². The first-order valence-electron chi connectivity index (χ1n) is 11.4. The first kappa shape index (κ1) is 25.5. The topological polar surface area (TPSA) is 84.4 Å². The van der Waals surface area contributed by atoms with E-state index in [1.165, 1.54) is 22.0 Å². The Morgan fingerprint density at radius 3 is 2.64 bits per heavy atom. The van der Waals surface area contributed by atoms with Crippen molar-refractivity contribution in [3.63, 3.8) is 0 Å². The molecular weight excluding hydrogens is 503 g/mol. The van der Waals surface area contributed by atoms with Gasteiger partial charge in [0.1, 0.15) is 11.6 Å². The van der Waals surface area contributed by atoms with Gasteiger partial charge in [-0.15, -0.1) is 11.3 Å². The number of ether oxygens (including phenoxy) is 1. The summed E-state index contributed by atoms with van der Waals surface area (Å²) < 4.78 is 22.4. The Balaban J connectivity index is 1.57. The molecule has 0 bridgehead atoms. The van der Waals surface area contributed by atoms with Crippen molar-refractivity contribution < 1.29 is 13.9 Å². The highest BCUT2D eigenvalue weighted by atomic mass is 35.5. The second-order valence-electron chi connectivity index (χ2n) is 8.34. The molecule has 0 saturated heterocycles. The molecule has 0 atom stereocenters. The van der Waals surface area contributed by atoms with E-state index in [2.05, 4.69) is 16.0 Å². The molecular formula is C26H26ClFN4O3S. The number of carbonyl (C=O) groups is 1. The molecule has 2 amide bonds. The number of thiophene rings is 1. The summed E-state index contributed by atoms with van der Waals surface area (Å²) in [7, 11) is 1.62. The summed E-state index contributed by atoms with van der Waals surface area (Å²) in [6.07, 6.45) is 2.13. The predicted molar refractivity (Wildman–Crippen MR) is 145 cm³/mol. The van der Waals surface area contributed by atoms with E-state index in [-0.39, 0.29) is 23.1 Å². The third kappa shape index (κ3) is 5.80. The van der Waals surface area contributed by atoms with Crippen LogP contribution in [0.4, 0.5) is 20.6 Å². The lowest BCUT2D eigenvalue weighted by Gasteiger charge is -2.17. The number of nitrogens with zero attached hydrogens (tertiary/aromatic N) is 1. The minimum absolute atomic E-state index is 0.171. The molecule has 188 valence electrons. The average Bonchev–Trinajstić information content (AvgIpc) is 3.25. The highest BCUT2D eigenvalue weighted by Crippen LogP contribution is 2.29. The molecule has 2 heterocycles. The summed E-state index contributed by atoms with van der Waals surface area (Å²) in [5.41, 5.74) is 0.940. The third-order valence-electron chi connectivity index (χ3n) is 5.40. The van der Waals surface area contributed by atoms with Crippen molar-refractivity contribution in [2.45, 2.75) is 26.4 Å². The molecule has 0 aliphatic rings. The number of rotatable bonds is 8. The lowest BCUT2D eigenvalue weighted by molar-refractivity contribution is 0.241. The highest BCUT2D eigenvalue weighted by Gasteiger charge is 2.14. The Hall–Kier alpha value is -3.56. The van der Waals surface area contributed by atoms with Gasteiger partial charge in [-0.25, -0.2) is 9.18 Å². The van der Waals surface area contributed by atoms with E-state index in [9.17, 15) is 14.0 Å². The fourth-order valence-electron chi connectivity index (χ4n) is 3.73. The monoisotopic (exact) mass is 528 g/mol. The molecule has 36 heavy (non-hydrogen) atoms. The van der Waals surface area contributed by atoms with E-state index in [0.29, 0.717) is 45.5 Å². The summed E-state index contributed by atoms with van der Waals surface area (Å²) in [5.74, 6) is -0.0946. The zero-order chi connectivity index (χ0) is 25.8. The minimum Gasteiger partial charge on any atom is -0.489 e. The SMILES string of the molecule is CNc1cc2ccn(-c3ccc(NC(=O)NCCc4ccc(Cl)s4)c(OC(C)C)c3)c(=O)c2cc1F. The summed E-state index contributed by atoms with van der Waals surface area (Å²) in [4.78, 5) is 26.7. The van der Waals surface area contributed by atoms with Crippen LogP contribution in [0.1, 0.15) is 18.7 Å². The van der Waals surface area contributed by atoms with Crippen molar-refractivity contribution in [1.29, 1.82) is 0 Å². The lowest BCUT2D eigenvalue weighted by atomic mass is 10.1. The van der Waals surface area contributed by atoms with Gasteiger partial charge in [-0.05, 0) is 68.1 Å². The Morgan fingerprint density at radius 1 is 1.14 bits per heavy atom. The fourth-order valence-corrected chi connectivity index (χ4v) is 4.81. The molecule has 2 aromatic heterocycles. The van der Waals surface area contributed by atoms with Crippen LogP contribution >= 0.6 is 22.9 Å². The largest absolute Gasteiger partial charge is 0.489 e. The Bertz CT molecular complexity index is 1470. The molecule has 0 saturated carbocycles. The number of amides is 2. The van der Waals surface area contributed by atoms with Gasteiger partial charge >= 0.3 is 6.03 Å². The van der Waals surface area contributed by atoms with Gasteiger partial charge in [0.15, 0.2) is 0 Å². The first-order chi connectivity index (χ1) is 17.2. The van der Waals surface area contributed by atoms with Crippen molar-refractivity contribution >= 4 is 51.1 Å². The number of anilines is 2. The number of pyridine rings is 1. The van der Waals surface area contributed by atoms with Gasteiger partial charge in [0, 0.05) is 30.7 Å². The van der Waals surface area contributed by atoms with Gasteiger partial charge in [0.25, 0.3) is 5.56 Å². The number of urea groups is 1. The molecule has 10 heteroatoms. The minimum atomic E-state index is -0.503. The van der Waals surface area contributed by atoms with E-state index in [1.807, 2.05) is 26.0 Å². The van der Waals surface area contributed by atoms with Crippen LogP contribution in [0.3, 0.4) is 0 Å². The number of hydrogen-bond donors (Lipinski definition) is 3. The predicted octanol–water partition coefficient (Wildman–Crippen LogP) is 6.04. The van der Waals surface area contributed by atoms with Crippen molar-refractivity contribution in [2.24, 2.45) is 0 Å². The maximum atomic E-state index is 14.3. The molecule has 2 aromatic carbocycles. The van der Waals surface area contributed by atoms with Crippen molar-refractivity contribution in [2.75, 3.05) is 24.2 Å². The normalized spacial score (nSPS) is 11.1. The number of carbonyl (C=O) groups excluding carboxylic acids is 1. The molecule has 4 rings (SSSR count). The van der Waals surface area contributed by atoms with Crippen molar-refractivity contribution in [3.8, 4) is 11.4 Å². The maximum Gasteiger partial charge on any atom is 0.319 e. The van der Waals surface area contributed by atoms with Crippen LogP contribution in [0, 0.1) is 5.82 Å². The van der Waals surface area contributed by atoms with Gasteiger partial charge in [-0.2, -0.15) is 0 Å². The Labute approximate surface area is 216 Å². The first-order valence-corrected chi connectivity index (χ1v) is 12.6. The zero-order valence-corrected chi connectivity index (χ0v) is 21.6. The molecule has 4 aromatic rings. The van der Waals surface area contributed by atoms with Crippen LogP contribution in [-0.2, 0) is 6.42 Å². The molecule has 0 radical (unpaired) electrons. The molecule has 0 aliphatic carbocycles. The lowest BCUT2D eigenvalue weighted by Crippen LogP contribution is -2.30. The smallest absolute Gasteiger partial charge is 0.319 e. The molecule has 0 fully saturated rings. The standard InChI is InChI=1S/C26H26ClFN4O3S/c1-15(2)35-23-13-17(32-11-9-16-12-22(29-3)20(28)14-19(16)25(32)33)4-6-21(23)31-26(34)30-10-8-18-5-7-24(27)36-18/h4-7,9,11-15,29H,8,10H2,1-3H3,(H2,30,31,34). The van der Waals surface area contributed by atoms with Gasteiger partial charge in [0.05, 0.1) is 32.9 Å². The summed E-state index contributed by atoms with van der Waals surface area (Å²) in [6.45, 7) is 4.18. The summed E-state index contributed by atoms with van der Waals surface area (Å²) in [5, 5.41) is 9.29. The number of hydrogen-bond acceptors (Lipinski definition) is 5. The highest BCUT2D eigenvalue weighted by molar-refractivity contribution is 7.16. The van der Waals surface area contributed by atoms with Gasteiger partial charge in [-0.1, -0.05) is 11.6 Å². The van der Waals surface area contributed by atoms with E-state index >= 15 is 0 Å². The van der Waals surface area contributed by atoms with E-state index in [1.54, 1.807) is 43.6 Å². The van der Waals surface area contributed by atoms with Crippen LogP contribution in [0.2, 0.25) is 4.34 Å². The van der Waals surface area contributed by atoms with E-state index < -0.39 is 5.82 Å². The number of benzene rings is 2. The molecule has 7 nitrogen and oxygen atoms in total. The van der Waals surface area contributed by atoms with Crippen molar-refractivity contribution in [3.05, 3.63) is 80.1 Å². The number of halogens is 2. The number of nitrogens with one attached hydrogen (secondary N) is 3. The second-order valence-corrected chi connectivity index (χ2v) is 10.1. The number of aromatic nitrogens is 1. The van der Waals surface area contributed by atoms with E-state index in [4.69, 9.17) is 16.3 Å². The van der Waals surface area contributed by atoms with Crippen LogP contribution in [0.5, 0.6) is 5.75 Å². The fraction of sp³-hybridized carbons (Fsp3) is 0.231. The van der Waals surface area contributed by atoms with E-state index in [0.717, 1.165) is 4.88 Å². The van der Waals surface area contributed by atoms with Crippen LogP contribution in [0.15, 0.2) is 59.5 Å².